The summed E-state index contributed by atoms with van der Waals surface area (Å²) in [6, 6.07) is 32.5. The van der Waals surface area contributed by atoms with Gasteiger partial charge in [-0.2, -0.15) is 5.26 Å². The molecule has 0 N–H and O–H groups in total. The van der Waals surface area contributed by atoms with E-state index in [9.17, 15) is 5.26 Å². The number of benzene rings is 4. The van der Waals surface area contributed by atoms with Gasteiger partial charge in [0.2, 0.25) is 0 Å². The first kappa shape index (κ1) is 18.4. The first-order valence-corrected chi connectivity index (χ1v) is 10.3. The Labute approximate surface area is 178 Å². The number of hydrogen-bond acceptors (Lipinski definition) is 1. The van der Waals surface area contributed by atoms with Crippen LogP contribution in [0.1, 0.15) is 36.1 Å². The molecule has 30 heavy (non-hydrogen) atoms. The summed E-state index contributed by atoms with van der Waals surface area (Å²) in [5.74, 6) is 0. The Bertz CT molecular complexity index is 1320. The zero-order valence-electron chi connectivity index (χ0n) is 17.5. The van der Waals surface area contributed by atoms with Gasteiger partial charge in [-0.25, -0.2) is 0 Å². The average Bonchev–Trinajstić information content (AvgIpc) is 3.00. The summed E-state index contributed by atoms with van der Waals surface area (Å²) in [6.07, 6.45) is 0. The minimum atomic E-state index is -0.116. The Morgan fingerprint density at radius 3 is 1.93 bits per heavy atom. The van der Waals surface area contributed by atoms with Crippen molar-refractivity contribution in [1.82, 2.24) is 0 Å². The largest absolute Gasteiger partial charge is 0.192 e. The van der Waals surface area contributed by atoms with E-state index in [0.717, 1.165) is 5.56 Å². The van der Waals surface area contributed by atoms with Crippen LogP contribution in [0.3, 0.4) is 0 Å². The maximum Gasteiger partial charge on any atom is 0.0991 e. The number of rotatable bonds is 2. The van der Waals surface area contributed by atoms with Crippen LogP contribution in [0.15, 0.2) is 84.9 Å². The molecule has 0 radical (unpaired) electrons. The Morgan fingerprint density at radius 1 is 0.633 bits per heavy atom. The summed E-state index contributed by atoms with van der Waals surface area (Å²) in [5.41, 5.74) is 12.0. The van der Waals surface area contributed by atoms with Gasteiger partial charge in [-0.1, -0.05) is 80.6 Å². The van der Waals surface area contributed by atoms with Crippen LogP contribution < -0.4 is 0 Å². The Balaban J connectivity index is 1.56. The molecule has 0 heterocycles. The molecule has 1 heteroatoms. The smallest absolute Gasteiger partial charge is 0.0991 e. The summed E-state index contributed by atoms with van der Waals surface area (Å²) in [4.78, 5) is 0. The minimum absolute atomic E-state index is 0.116. The highest BCUT2D eigenvalue weighted by Crippen LogP contribution is 2.49. The fraction of sp³-hybridized carbons (Fsp3) is 0.138. The zero-order chi connectivity index (χ0) is 20.9. The maximum atomic E-state index is 9.32. The van der Waals surface area contributed by atoms with E-state index >= 15 is 0 Å². The van der Waals surface area contributed by atoms with Gasteiger partial charge in [0.25, 0.3) is 0 Å². The topological polar surface area (TPSA) is 23.8 Å². The summed E-state index contributed by atoms with van der Waals surface area (Å²) in [7, 11) is 0. The van der Waals surface area contributed by atoms with Crippen molar-refractivity contribution in [2.24, 2.45) is 0 Å². The number of aryl methyl sites for hydroxylation is 1. The predicted molar refractivity (Wildman–Crippen MR) is 124 cm³/mol. The van der Waals surface area contributed by atoms with Gasteiger partial charge in [0.15, 0.2) is 0 Å². The van der Waals surface area contributed by atoms with Gasteiger partial charge in [0.1, 0.15) is 0 Å². The molecule has 0 fully saturated rings. The molecule has 0 saturated carbocycles. The minimum Gasteiger partial charge on any atom is -0.192 e. The molecule has 0 atom stereocenters. The molecule has 0 aromatic heterocycles. The number of fused-ring (bicyclic) bond motifs is 3. The molecule has 4 aromatic carbocycles. The molecule has 0 amide bonds. The molecule has 144 valence electrons. The van der Waals surface area contributed by atoms with Crippen molar-refractivity contribution in [3.8, 4) is 39.4 Å². The highest BCUT2D eigenvalue weighted by atomic mass is 14.4. The lowest BCUT2D eigenvalue weighted by Crippen LogP contribution is -2.15. The van der Waals surface area contributed by atoms with Crippen molar-refractivity contribution in [1.29, 1.82) is 5.26 Å². The van der Waals surface area contributed by atoms with Gasteiger partial charge < -0.3 is 0 Å². The molecule has 0 unspecified atom stereocenters. The molecular weight excluding hydrogens is 362 g/mol. The molecule has 1 nitrogen and oxygen atoms in total. The summed E-state index contributed by atoms with van der Waals surface area (Å²) in [6.45, 7) is 6.66. The van der Waals surface area contributed by atoms with Gasteiger partial charge in [-0.3, -0.25) is 0 Å². The van der Waals surface area contributed by atoms with Gasteiger partial charge in [-0.05, 0) is 75.2 Å². The summed E-state index contributed by atoms with van der Waals surface area (Å²) in [5, 5.41) is 9.32. The number of nitrogens with zero attached hydrogens (tertiary/aromatic N) is 1. The quantitative estimate of drug-likeness (QED) is 0.350. The Morgan fingerprint density at radius 2 is 1.23 bits per heavy atom. The van der Waals surface area contributed by atoms with E-state index in [0.29, 0.717) is 0 Å². The molecular formula is C29H23N. The molecule has 0 saturated heterocycles. The Kier molecular flexibility index (Phi) is 4.12. The van der Waals surface area contributed by atoms with Crippen LogP contribution in [0.25, 0.3) is 33.4 Å². The molecule has 1 aliphatic carbocycles. The first-order valence-electron chi connectivity index (χ1n) is 10.3. The lowest BCUT2D eigenvalue weighted by molar-refractivity contribution is 0.660. The SMILES string of the molecule is Cc1ccccc1-c1ccc(-c2ccc3c(c2)C(C)(C)c2cc(C#N)ccc2-3)cc1. The first-order chi connectivity index (χ1) is 14.5. The third kappa shape index (κ3) is 2.77. The van der Waals surface area contributed by atoms with Crippen LogP contribution in [-0.4, -0.2) is 0 Å². The van der Waals surface area contributed by atoms with E-state index in [-0.39, 0.29) is 5.41 Å². The van der Waals surface area contributed by atoms with Crippen molar-refractivity contribution < 1.29 is 0 Å². The standard InChI is InChI=1S/C29H23N/c1-19-6-4-5-7-24(19)22-11-9-21(10-12-22)23-13-15-26-25-14-8-20(18-30)16-27(25)29(2,3)28(26)17-23/h4-17H,1-3H3. The number of hydrogen-bond donors (Lipinski definition) is 0. The van der Waals surface area contributed by atoms with Crippen LogP contribution in [0.4, 0.5) is 0 Å². The normalized spacial score (nSPS) is 13.4. The number of nitriles is 1. The van der Waals surface area contributed by atoms with Gasteiger partial charge >= 0.3 is 0 Å². The van der Waals surface area contributed by atoms with E-state index in [2.05, 4.69) is 99.6 Å². The van der Waals surface area contributed by atoms with Crippen molar-refractivity contribution >= 4 is 0 Å². The summed E-state index contributed by atoms with van der Waals surface area (Å²) >= 11 is 0. The third-order valence-electron chi connectivity index (χ3n) is 6.48. The van der Waals surface area contributed by atoms with Gasteiger partial charge in [0.05, 0.1) is 11.6 Å². The lowest BCUT2D eigenvalue weighted by atomic mass is 9.81. The van der Waals surface area contributed by atoms with Crippen LogP contribution in [0, 0.1) is 18.3 Å². The highest BCUT2D eigenvalue weighted by molar-refractivity contribution is 5.84. The second-order valence-corrected chi connectivity index (χ2v) is 8.65. The van der Waals surface area contributed by atoms with Crippen LogP contribution >= 0.6 is 0 Å². The fourth-order valence-electron chi connectivity index (χ4n) is 4.73. The molecule has 1 aliphatic rings. The van der Waals surface area contributed by atoms with Crippen molar-refractivity contribution in [2.75, 3.05) is 0 Å². The monoisotopic (exact) mass is 385 g/mol. The maximum absolute atomic E-state index is 9.32. The van der Waals surface area contributed by atoms with E-state index in [1.165, 1.54) is 50.1 Å². The molecule has 4 aromatic rings. The summed E-state index contributed by atoms with van der Waals surface area (Å²) < 4.78 is 0. The van der Waals surface area contributed by atoms with E-state index < -0.39 is 0 Å². The van der Waals surface area contributed by atoms with Crippen LogP contribution in [0.2, 0.25) is 0 Å². The van der Waals surface area contributed by atoms with E-state index in [4.69, 9.17) is 0 Å². The van der Waals surface area contributed by atoms with E-state index in [1.807, 2.05) is 12.1 Å². The van der Waals surface area contributed by atoms with Crippen molar-refractivity contribution in [3.05, 3.63) is 107 Å². The average molecular weight is 386 g/mol. The van der Waals surface area contributed by atoms with Gasteiger partial charge in [0, 0.05) is 5.41 Å². The van der Waals surface area contributed by atoms with Crippen molar-refractivity contribution in [2.45, 2.75) is 26.2 Å². The zero-order valence-corrected chi connectivity index (χ0v) is 17.5. The second kappa shape index (κ2) is 6.71. The molecule has 0 aliphatic heterocycles. The van der Waals surface area contributed by atoms with Crippen molar-refractivity contribution in [3.63, 3.8) is 0 Å². The molecule has 0 spiro atoms. The molecule has 0 bridgehead atoms. The van der Waals surface area contributed by atoms with E-state index in [1.54, 1.807) is 0 Å². The third-order valence-corrected chi connectivity index (χ3v) is 6.48. The highest BCUT2D eigenvalue weighted by Gasteiger charge is 2.35. The van der Waals surface area contributed by atoms with Crippen LogP contribution in [-0.2, 0) is 5.41 Å². The predicted octanol–water partition coefficient (Wildman–Crippen LogP) is 7.51. The molecule has 5 rings (SSSR count). The lowest BCUT2D eigenvalue weighted by Gasteiger charge is -2.22. The van der Waals surface area contributed by atoms with Gasteiger partial charge in [-0.15, -0.1) is 0 Å². The fourth-order valence-corrected chi connectivity index (χ4v) is 4.73. The Hall–Kier alpha value is -3.63. The van der Waals surface area contributed by atoms with Crippen LogP contribution in [0.5, 0.6) is 0 Å². The second-order valence-electron chi connectivity index (χ2n) is 8.65.